The third-order valence-electron chi connectivity index (χ3n) is 6.79. The van der Waals surface area contributed by atoms with Crippen LogP contribution in [0.25, 0.3) is 22.0 Å². The van der Waals surface area contributed by atoms with E-state index in [0.29, 0.717) is 5.75 Å². The first-order valence-corrected chi connectivity index (χ1v) is 13.4. The molecule has 0 spiro atoms. The van der Waals surface area contributed by atoms with Crippen molar-refractivity contribution < 1.29 is 5.11 Å². The van der Waals surface area contributed by atoms with Crippen LogP contribution in [0, 0.1) is 6.92 Å². The number of hydrogen-bond donors (Lipinski definition) is 2. The van der Waals surface area contributed by atoms with Gasteiger partial charge in [0.15, 0.2) is 0 Å². The van der Waals surface area contributed by atoms with E-state index in [-0.39, 0.29) is 0 Å². The van der Waals surface area contributed by atoms with Crippen molar-refractivity contribution in [3.8, 4) is 5.75 Å². The second-order valence-electron chi connectivity index (χ2n) is 9.28. The third-order valence-corrected chi connectivity index (χ3v) is 6.79. The van der Waals surface area contributed by atoms with Gasteiger partial charge in [-0.1, -0.05) is 57.2 Å². The van der Waals surface area contributed by atoms with E-state index in [9.17, 15) is 5.11 Å². The molecule has 0 amide bonds. The van der Waals surface area contributed by atoms with Gasteiger partial charge in [-0.15, -0.1) is 0 Å². The number of aryl methyl sites for hydroxylation is 2. The Morgan fingerprint density at radius 1 is 0.944 bits per heavy atom. The number of aromatic nitrogens is 2. The number of hydrogen-bond acceptors (Lipinski definition) is 3. The second kappa shape index (κ2) is 12.0. The lowest BCUT2D eigenvalue weighted by molar-refractivity contribution is 0.474. The molecule has 0 atom stereocenters. The maximum absolute atomic E-state index is 10.2. The SMILES string of the molecule is CC.CCCNCCn1cc2cc(C3=C(c4ccccc4C)CCCc4cc(O)ccc43)ccc2n1. The molecule has 0 saturated heterocycles. The zero-order valence-corrected chi connectivity index (χ0v) is 22.1. The topological polar surface area (TPSA) is 50.1 Å². The van der Waals surface area contributed by atoms with E-state index >= 15 is 0 Å². The van der Waals surface area contributed by atoms with Crippen molar-refractivity contribution in [1.82, 2.24) is 15.1 Å². The average Bonchev–Trinajstić information content (AvgIpc) is 3.21. The number of fused-ring (bicyclic) bond motifs is 2. The van der Waals surface area contributed by atoms with Crippen molar-refractivity contribution >= 4 is 22.0 Å². The maximum atomic E-state index is 10.2. The summed E-state index contributed by atoms with van der Waals surface area (Å²) in [6, 6.07) is 21.2. The van der Waals surface area contributed by atoms with Crippen LogP contribution in [0.4, 0.5) is 0 Å². The highest BCUT2D eigenvalue weighted by molar-refractivity contribution is 6.02. The van der Waals surface area contributed by atoms with E-state index in [1.165, 1.54) is 39.0 Å². The molecule has 4 aromatic rings. The molecular weight excluding hydrogens is 442 g/mol. The van der Waals surface area contributed by atoms with E-state index in [0.717, 1.165) is 56.2 Å². The monoisotopic (exact) mass is 481 g/mol. The van der Waals surface area contributed by atoms with Gasteiger partial charge in [0.05, 0.1) is 12.1 Å². The van der Waals surface area contributed by atoms with Gasteiger partial charge in [0, 0.05) is 18.1 Å². The molecule has 36 heavy (non-hydrogen) atoms. The Bertz CT molecular complexity index is 1350. The lowest BCUT2D eigenvalue weighted by atomic mass is 9.86. The molecule has 1 aliphatic rings. The Hall–Kier alpha value is -3.37. The van der Waals surface area contributed by atoms with Crippen LogP contribution in [0.1, 0.15) is 67.9 Å². The number of phenolic OH excluding ortho intramolecular Hbond substituents is 1. The van der Waals surface area contributed by atoms with Gasteiger partial charge in [-0.2, -0.15) is 5.10 Å². The standard InChI is InChI=1S/C30H33N3O.C2H6/c1-3-15-31-16-17-33-20-24-18-23(11-14-29(24)32-33)30-27-13-12-25(34)19-22(27)8-6-10-28(30)26-9-5-4-7-21(26)2;1-2/h4-5,7,9,11-14,18-20,31,34H,3,6,8,10,15-17H2,1-2H3;1-2H3. The Morgan fingerprint density at radius 2 is 1.78 bits per heavy atom. The van der Waals surface area contributed by atoms with Gasteiger partial charge in [0.2, 0.25) is 0 Å². The van der Waals surface area contributed by atoms with Crippen LogP contribution in [0.15, 0.2) is 66.9 Å². The summed E-state index contributed by atoms with van der Waals surface area (Å²) in [6.45, 7) is 11.2. The number of phenols is 1. The highest BCUT2D eigenvalue weighted by Gasteiger charge is 2.21. The van der Waals surface area contributed by atoms with Crippen molar-refractivity contribution in [3.63, 3.8) is 0 Å². The van der Waals surface area contributed by atoms with Gasteiger partial charge in [0.1, 0.15) is 5.75 Å². The molecule has 1 aromatic heterocycles. The Balaban J connectivity index is 0.00000148. The van der Waals surface area contributed by atoms with Gasteiger partial charge < -0.3 is 10.4 Å². The van der Waals surface area contributed by atoms with Gasteiger partial charge in [-0.05, 0) is 102 Å². The first kappa shape index (κ1) is 25.7. The average molecular weight is 482 g/mol. The van der Waals surface area contributed by atoms with Crippen LogP contribution in [-0.4, -0.2) is 28.0 Å². The first-order chi connectivity index (χ1) is 17.6. The van der Waals surface area contributed by atoms with E-state index in [4.69, 9.17) is 5.10 Å². The Morgan fingerprint density at radius 3 is 2.58 bits per heavy atom. The summed E-state index contributed by atoms with van der Waals surface area (Å²) in [5, 5.41) is 19.6. The minimum absolute atomic E-state index is 0.339. The molecule has 1 aliphatic carbocycles. The van der Waals surface area contributed by atoms with E-state index < -0.39 is 0 Å². The number of nitrogens with zero attached hydrogens (tertiary/aromatic N) is 2. The molecule has 0 fully saturated rings. The van der Waals surface area contributed by atoms with Crippen LogP contribution in [0.3, 0.4) is 0 Å². The van der Waals surface area contributed by atoms with Gasteiger partial charge in [-0.3, -0.25) is 4.68 Å². The minimum Gasteiger partial charge on any atom is -0.508 e. The summed E-state index contributed by atoms with van der Waals surface area (Å²) >= 11 is 0. The van der Waals surface area contributed by atoms with E-state index in [1.807, 2.05) is 30.7 Å². The van der Waals surface area contributed by atoms with Crippen molar-refractivity contribution in [3.05, 3.63) is 94.7 Å². The fourth-order valence-electron chi connectivity index (χ4n) is 5.13. The number of aromatic hydroxyl groups is 1. The zero-order chi connectivity index (χ0) is 25.5. The highest BCUT2D eigenvalue weighted by atomic mass is 16.3. The molecule has 0 unspecified atom stereocenters. The molecule has 0 bridgehead atoms. The van der Waals surface area contributed by atoms with Gasteiger partial charge in [-0.25, -0.2) is 0 Å². The molecule has 0 aliphatic heterocycles. The number of nitrogens with one attached hydrogen (secondary N) is 1. The quantitative estimate of drug-likeness (QED) is 0.271. The smallest absolute Gasteiger partial charge is 0.115 e. The number of rotatable bonds is 7. The number of benzene rings is 3. The fraction of sp³-hybridized carbons (Fsp3) is 0.344. The van der Waals surface area contributed by atoms with Crippen molar-refractivity contribution in [2.75, 3.05) is 13.1 Å². The fourth-order valence-corrected chi connectivity index (χ4v) is 5.13. The molecule has 0 radical (unpaired) electrons. The molecular formula is C32H39N3O. The summed E-state index contributed by atoms with van der Waals surface area (Å²) < 4.78 is 2.05. The largest absolute Gasteiger partial charge is 0.508 e. The maximum Gasteiger partial charge on any atom is 0.115 e. The summed E-state index contributed by atoms with van der Waals surface area (Å²) in [4.78, 5) is 0. The predicted molar refractivity (Wildman–Crippen MR) is 152 cm³/mol. The van der Waals surface area contributed by atoms with Crippen LogP contribution in [0.2, 0.25) is 0 Å². The van der Waals surface area contributed by atoms with Gasteiger partial charge >= 0.3 is 0 Å². The normalized spacial score (nSPS) is 13.2. The molecule has 0 saturated carbocycles. The van der Waals surface area contributed by atoms with Crippen LogP contribution in [-0.2, 0) is 13.0 Å². The van der Waals surface area contributed by atoms with E-state index in [1.54, 1.807) is 0 Å². The Kier molecular flexibility index (Phi) is 8.61. The van der Waals surface area contributed by atoms with Crippen molar-refractivity contribution in [2.45, 2.75) is 59.9 Å². The summed E-state index contributed by atoms with van der Waals surface area (Å²) in [6.07, 6.45) is 6.34. The molecule has 2 N–H and O–H groups in total. The molecule has 188 valence electrons. The zero-order valence-electron chi connectivity index (χ0n) is 22.1. The van der Waals surface area contributed by atoms with Crippen molar-refractivity contribution in [2.24, 2.45) is 0 Å². The molecule has 4 heteroatoms. The predicted octanol–water partition coefficient (Wildman–Crippen LogP) is 7.37. The minimum atomic E-state index is 0.339. The molecule has 4 nitrogen and oxygen atoms in total. The molecule has 1 heterocycles. The highest BCUT2D eigenvalue weighted by Crippen LogP contribution is 2.41. The first-order valence-electron chi connectivity index (χ1n) is 13.4. The van der Waals surface area contributed by atoms with Crippen LogP contribution in [0.5, 0.6) is 5.75 Å². The molecule has 3 aromatic carbocycles. The molecule has 5 rings (SSSR count). The lowest BCUT2D eigenvalue weighted by Gasteiger charge is -2.18. The summed E-state index contributed by atoms with van der Waals surface area (Å²) in [5.74, 6) is 0.339. The van der Waals surface area contributed by atoms with Gasteiger partial charge in [0.25, 0.3) is 0 Å². The second-order valence-corrected chi connectivity index (χ2v) is 9.28. The summed E-state index contributed by atoms with van der Waals surface area (Å²) in [7, 11) is 0. The third kappa shape index (κ3) is 5.55. The Labute approximate surface area is 215 Å². The summed E-state index contributed by atoms with van der Waals surface area (Å²) in [5.41, 5.74) is 9.96. The van der Waals surface area contributed by atoms with E-state index in [2.05, 4.69) is 73.9 Å². The van der Waals surface area contributed by atoms with Crippen LogP contribution < -0.4 is 5.32 Å². The lowest BCUT2D eigenvalue weighted by Crippen LogP contribution is -2.20. The van der Waals surface area contributed by atoms with Crippen LogP contribution >= 0.6 is 0 Å². The van der Waals surface area contributed by atoms with Crippen molar-refractivity contribution in [1.29, 1.82) is 0 Å². The number of allylic oxidation sites excluding steroid dienone is 1.